The number of carbonyl (C=O) groups is 1. The van der Waals surface area contributed by atoms with Gasteiger partial charge in [-0.2, -0.15) is 13.2 Å². The molecular formula is C28H35F3N2O. The van der Waals surface area contributed by atoms with Gasteiger partial charge < -0.3 is 9.88 Å². The Morgan fingerprint density at radius 2 is 1.74 bits per heavy atom. The molecule has 0 bridgehead atoms. The number of rotatable bonds is 6. The van der Waals surface area contributed by atoms with Crippen LogP contribution in [-0.2, 0) is 18.1 Å². The summed E-state index contributed by atoms with van der Waals surface area (Å²) in [6, 6.07) is 6.58. The molecular weight excluding hydrogens is 437 g/mol. The number of nitrogens with zero attached hydrogens (tertiary/aromatic N) is 1. The van der Waals surface area contributed by atoms with Crippen LogP contribution >= 0.6 is 0 Å². The highest BCUT2D eigenvalue weighted by molar-refractivity contribution is 5.97. The number of halogens is 3. The maximum Gasteiger partial charge on any atom is 0.416 e. The number of carbonyl (C=O) groups excluding carboxylic acids is 1. The summed E-state index contributed by atoms with van der Waals surface area (Å²) in [5, 5.41) is 3.12. The highest BCUT2D eigenvalue weighted by atomic mass is 19.4. The predicted octanol–water partition coefficient (Wildman–Crippen LogP) is 7.40. The van der Waals surface area contributed by atoms with Crippen LogP contribution in [0, 0.1) is 12.8 Å². The first-order chi connectivity index (χ1) is 16.1. The van der Waals surface area contributed by atoms with Gasteiger partial charge in [-0.1, -0.05) is 26.2 Å². The van der Waals surface area contributed by atoms with E-state index in [1.54, 1.807) is 0 Å². The van der Waals surface area contributed by atoms with Crippen molar-refractivity contribution in [1.82, 2.24) is 9.88 Å². The van der Waals surface area contributed by atoms with E-state index in [1.165, 1.54) is 31.4 Å². The Hall–Kier alpha value is -2.24. The molecule has 0 unspecified atom stereocenters. The van der Waals surface area contributed by atoms with E-state index in [1.807, 2.05) is 26.0 Å². The third-order valence-electron chi connectivity index (χ3n) is 8.47. The van der Waals surface area contributed by atoms with Gasteiger partial charge in [0.15, 0.2) is 0 Å². The molecule has 3 aliphatic rings. The smallest absolute Gasteiger partial charge is 0.349 e. The lowest BCUT2D eigenvalue weighted by Gasteiger charge is -2.26. The van der Waals surface area contributed by atoms with Gasteiger partial charge in [0, 0.05) is 24.0 Å². The standard InChI is InChI=1S/C28H35F3N2O/c1-18-24(26(34)32-23-9-6-10-23)16-25(33(18)17-19-7-4-3-5-8-19)20-13-21(27(2)11-12-27)15-22(14-20)28(29,30)31/h13-16,19,23H,3-12,17H2,1-2H3,(H,32,34). The molecule has 3 fully saturated rings. The lowest BCUT2D eigenvalue weighted by molar-refractivity contribution is -0.137. The molecule has 0 atom stereocenters. The molecule has 1 heterocycles. The zero-order chi connectivity index (χ0) is 24.1. The van der Waals surface area contributed by atoms with Gasteiger partial charge in [-0.05, 0) is 98.6 Å². The van der Waals surface area contributed by atoms with Crippen molar-refractivity contribution in [2.75, 3.05) is 0 Å². The van der Waals surface area contributed by atoms with Crippen LogP contribution in [0.2, 0.25) is 0 Å². The first-order valence-electron chi connectivity index (χ1n) is 12.9. The van der Waals surface area contributed by atoms with Crippen LogP contribution in [0.25, 0.3) is 11.3 Å². The molecule has 2 aromatic rings. The topological polar surface area (TPSA) is 34.0 Å². The second-order valence-electron chi connectivity index (χ2n) is 11.1. The highest BCUT2D eigenvalue weighted by Gasteiger charge is 2.41. The van der Waals surface area contributed by atoms with Gasteiger partial charge in [0.25, 0.3) is 5.91 Å². The Labute approximate surface area is 200 Å². The molecule has 3 aliphatic carbocycles. The summed E-state index contributed by atoms with van der Waals surface area (Å²) < 4.78 is 43.8. The summed E-state index contributed by atoms with van der Waals surface area (Å²) in [6.45, 7) is 4.73. The minimum absolute atomic E-state index is 0.104. The summed E-state index contributed by atoms with van der Waals surface area (Å²) in [5.41, 5.74) is 2.72. The maximum absolute atomic E-state index is 13.9. The van der Waals surface area contributed by atoms with Crippen LogP contribution in [0.5, 0.6) is 0 Å². The first kappa shape index (κ1) is 23.5. The van der Waals surface area contributed by atoms with Crippen molar-refractivity contribution in [3.63, 3.8) is 0 Å². The Bertz CT molecular complexity index is 1050. The second kappa shape index (κ2) is 8.76. The van der Waals surface area contributed by atoms with Crippen molar-refractivity contribution in [3.8, 4) is 11.3 Å². The van der Waals surface area contributed by atoms with Crippen LogP contribution in [0.1, 0.15) is 98.3 Å². The van der Waals surface area contributed by atoms with Crippen molar-refractivity contribution in [3.05, 3.63) is 46.6 Å². The zero-order valence-corrected chi connectivity index (χ0v) is 20.2. The third-order valence-corrected chi connectivity index (χ3v) is 8.47. The fraction of sp³-hybridized carbons (Fsp3) is 0.607. The van der Waals surface area contributed by atoms with Crippen LogP contribution in [0.15, 0.2) is 24.3 Å². The summed E-state index contributed by atoms with van der Waals surface area (Å²) >= 11 is 0. The van der Waals surface area contributed by atoms with E-state index >= 15 is 0 Å². The van der Waals surface area contributed by atoms with Crippen LogP contribution in [0.4, 0.5) is 13.2 Å². The second-order valence-corrected chi connectivity index (χ2v) is 11.1. The van der Waals surface area contributed by atoms with Gasteiger partial charge >= 0.3 is 6.18 Å². The summed E-state index contributed by atoms with van der Waals surface area (Å²) in [7, 11) is 0. The molecule has 5 rings (SSSR count). The molecule has 0 aliphatic heterocycles. The number of amides is 1. The minimum atomic E-state index is -4.41. The van der Waals surface area contributed by atoms with Crippen LogP contribution < -0.4 is 5.32 Å². The molecule has 1 aromatic heterocycles. The fourth-order valence-corrected chi connectivity index (χ4v) is 5.56. The molecule has 0 radical (unpaired) electrons. The van der Waals surface area contributed by atoms with Gasteiger partial charge in [-0.25, -0.2) is 0 Å². The molecule has 3 nitrogen and oxygen atoms in total. The molecule has 3 saturated carbocycles. The van der Waals surface area contributed by atoms with Crippen LogP contribution in [0.3, 0.4) is 0 Å². The minimum Gasteiger partial charge on any atom is -0.349 e. The first-order valence-corrected chi connectivity index (χ1v) is 12.9. The molecule has 0 saturated heterocycles. The largest absolute Gasteiger partial charge is 0.416 e. The van der Waals surface area contributed by atoms with E-state index in [-0.39, 0.29) is 17.4 Å². The van der Waals surface area contributed by atoms with Gasteiger partial charge in [0.05, 0.1) is 11.1 Å². The van der Waals surface area contributed by atoms with Crippen molar-refractivity contribution >= 4 is 5.91 Å². The fourth-order valence-electron chi connectivity index (χ4n) is 5.56. The quantitative estimate of drug-likeness (QED) is 0.467. The predicted molar refractivity (Wildman–Crippen MR) is 128 cm³/mol. The highest BCUT2D eigenvalue weighted by Crippen LogP contribution is 2.50. The van der Waals surface area contributed by atoms with Gasteiger partial charge in [0.1, 0.15) is 0 Å². The normalized spacial score (nSPS) is 20.7. The van der Waals surface area contributed by atoms with Crippen molar-refractivity contribution in [2.24, 2.45) is 5.92 Å². The monoisotopic (exact) mass is 472 g/mol. The summed E-state index contributed by atoms with van der Waals surface area (Å²) in [4.78, 5) is 13.1. The van der Waals surface area contributed by atoms with Gasteiger partial charge in [0.2, 0.25) is 0 Å². The SMILES string of the molecule is Cc1c(C(=O)NC2CCC2)cc(-c2cc(C(F)(F)F)cc(C3(C)CC3)c2)n1CC1CCCCC1. The number of hydrogen-bond acceptors (Lipinski definition) is 1. The molecule has 1 N–H and O–H groups in total. The van der Waals surface area contributed by atoms with E-state index < -0.39 is 11.7 Å². The number of alkyl halides is 3. The zero-order valence-electron chi connectivity index (χ0n) is 20.2. The van der Waals surface area contributed by atoms with E-state index in [2.05, 4.69) is 9.88 Å². The van der Waals surface area contributed by atoms with E-state index in [0.717, 1.165) is 68.4 Å². The molecule has 0 spiro atoms. The van der Waals surface area contributed by atoms with Crippen molar-refractivity contribution < 1.29 is 18.0 Å². The summed E-state index contributed by atoms with van der Waals surface area (Å²) in [5.74, 6) is 0.388. The van der Waals surface area contributed by atoms with E-state index in [9.17, 15) is 18.0 Å². The molecule has 1 amide bonds. The third kappa shape index (κ3) is 4.65. The maximum atomic E-state index is 13.9. The Kier molecular flexibility index (Phi) is 6.06. The number of aromatic nitrogens is 1. The van der Waals surface area contributed by atoms with Gasteiger partial charge in [-0.3, -0.25) is 4.79 Å². The molecule has 6 heteroatoms. The van der Waals surface area contributed by atoms with Crippen LogP contribution in [-0.4, -0.2) is 16.5 Å². The molecule has 184 valence electrons. The van der Waals surface area contributed by atoms with E-state index in [4.69, 9.17) is 0 Å². The number of benzene rings is 1. The Morgan fingerprint density at radius 1 is 1.03 bits per heavy atom. The lowest BCUT2D eigenvalue weighted by Crippen LogP contribution is -2.39. The van der Waals surface area contributed by atoms with Crippen molar-refractivity contribution in [2.45, 2.75) is 102 Å². The summed E-state index contributed by atoms with van der Waals surface area (Å²) in [6.07, 6.45) is 6.43. The number of nitrogens with one attached hydrogen (secondary N) is 1. The Morgan fingerprint density at radius 3 is 2.32 bits per heavy atom. The van der Waals surface area contributed by atoms with Gasteiger partial charge in [-0.15, -0.1) is 0 Å². The molecule has 1 aromatic carbocycles. The average molecular weight is 473 g/mol. The van der Waals surface area contributed by atoms with Crippen molar-refractivity contribution in [1.29, 1.82) is 0 Å². The lowest BCUT2D eigenvalue weighted by atomic mass is 9.89. The van der Waals surface area contributed by atoms with E-state index in [0.29, 0.717) is 17.0 Å². The number of hydrogen-bond donors (Lipinski definition) is 1. The average Bonchev–Trinajstić information content (AvgIpc) is 3.45. The Balaban J connectivity index is 1.58. The molecule has 34 heavy (non-hydrogen) atoms.